The Kier molecular flexibility index (Phi) is 4.14. The van der Waals surface area contributed by atoms with Crippen LogP contribution in [0.25, 0.3) is 28.8 Å². The van der Waals surface area contributed by atoms with Crippen LogP contribution in [0, 0.1) is 6.92 Å². The van der Waals surface area contributed by atoms with Crippen LogP contribution in [0.5, 0.6) is 0 Å². The van der Waals surface area contributed by atoms with Gasteiger partial charge in [-0.1, -0.05) is 17.7 Å². The van der Waals surface area contributed by atoms with Gasteiger partial charge in [0, 0.05) is 16.9 Å². The Bertz CT molecular complexity index is 1320. The van der Waals surface area contributed by atoms with Crippen molar-refractivity contribution in [3.05, 3.63) is 65.6 Å². The van der Waals surface area contributed by atoms with Gasteiger partial charge in [-0.25, -0.2) is 9.97 Å². The fraction of sp³-hybridized carbons (Fsp3) is 0.0526. The zero-order valence-corrected chi connectivity index (χ0v) is 15.9. The lowest BCUT2D eigenvalue weighted by molar-refractivity contribution is 0.577. The van der Waals surface area contributed by atoms with Crippen molar-refractivity contribution >= 4 is 29.0 Å². The first-order chi connectivity index (χ1) is 14.2. The van der Waals surface area contributed by atoms with Gasteiger partial charge in [-0.05, 0) is 43.3 Å². The minimum atomic E-state index is 0.379. The zero-order valence-electron chi connectivity index (χ0n) is 15.1. The van der Waals surface area contributed by atoms with Crippen LogP contribution in [0.1, 0.15) is 5.69 Å². The average molecular weight is 405 g/mol. The number of anilines is 2. The summed E-state index contributed by atoms with van der Waals surface area (Å²) in [5.41, 5.74) is 2.71. The molecule has 0 aliphatic carbocycles. The first-order valence-corrected chi connectivity index (χ1v) is 9.05. The lowest BCUT2D eigenvalue weighted by Crippen LogP contribution is -2.05. The third-order valence-corrected chi connectivity index (χ3v) is 4.45. The highest BCUT2D eigenvalue weighted by Gasteiger charge is 2.16. The van der Waals surface area contributed by atoms with E-state index in [1.54, 1.807) is 47.3 Å². The SMILES string of the molecule is Cc1c(-c2ccnc(Nc3cccc(Cl)c3)n2)nnc2nc(-c3ccco3)nn12. The first-order valence-electron chi connectivity index (χ1n) is 8.67. The van der Waals surface area contributed by atoms with Crippen molar-refractivity contribution in [2.24, 2.45) is 0 Å². The molecule has 4 aromatic heterocycles. The van der Waals surface area contributed by atoms with Gasteiger partial charge in [-0.3, -0.25) is 0 Å². The van der Waals surface area contributed by atoms with Gasteiger partial charge in [0.2, 0.25) is 11.8 Å². The Balaban J connectivity index is 1.53. The molecule has 0 unspecified atom stereocenters. The summed E-state index contributed by atoms with van der Waals surface area (Å²) in [5.74, 6) is 1.80. The molecule has 9 nitrogen and oxygen atoms in total. The molecule has 0 aliphatic heterocycles. The monoisotopic (exact) mass is 404 g/mol. The van der Waals surface area contributed by atoms with E-state index < -0.39 is 0 Å². The second-order valence-corrected chi connectivity index (χ2v) is 6.60. The van der Waals surface area contributed by atoms with Crippen molar-refractivity contribution < 1.29 is 4.42 Å². The highest BCUT2D eigenvalue weighted by Crippen LogP contribution is 2.23. The molecule has 0 saturated carbocycles. The van der Waals surface area contributed by atoms with Crippen LogP contribution in [0.2, 0.25) is 5.02 Å². The molecule has 0 spiro atoms. The van der Waals surface area contributed by atoms with Crippen LogP contribution in [0.4, 0.5) is 11.6 Å². The van der Waals surface area contributed by atoms with Crippen LogP contribution < -0.4 is 5.32 Å². The van der Waals surface area contributed by atoms with E-state index in [4.69, 9.17) is 16.0 Å². The topological polar surface area (TPSA) is 107 Å². The van der Waals surface area contributed by atoms with Gasteiger partial charge in [-0.15, -0.1) is 15.3 Å². The average Bonchev–Trinajstić information content (AvgIpc) is 3.39. The summed E-state index contributed by atoms with van der Waals surface area (Å²) in [4.78, 5) is 13.2. The highest BCUT2D eigenvalue weighted by molar-refractivity contribution is 6.30. The smallest absolute Gasteiger partial charge is 0.272 e. The van der Waals surface area contributed by atoms with Crippen molar-refractivity contribution in [1.29, 1.82) is 0 Å². The number of halogens is 1. The molecule has 4 heterocycles. The summed E-state index contributed by atoms with van der Waals surface area (Å²) in [7, 11) is 0. The predicted octanol–water partition coefficient (Wildman–Crippen LogP) is 3.94. The molecule has 142 valence electrons. The summed E-state index contributed by atoms with van der Waals surface area (Å²) in [5, 5.41) is 16.7. The molecule has 0 atom stereocenters. The highest BCUT2D eigenvalue weighted by atomic mass is 35.5. The Morgan fingerprint density at radius 2 is 2.00 bits per heavy atom. The van der Waals surface area contributed by atoms with Crippen LogP contribution in [-0.4, -0.2) is 34.8 Å². The van der Waals surface area contributed by atoms with E-state index in [0.717, 1.165) is 11.4 Å². The van der Waals surface area contributed by atoms with Crippen molar-refractivity contribution in [3.63, 3.8) is 0 Å². The number of benzene rings is 1. The largest absolute Gasteiger partial charge is 0.461 e. The van der Waals surface area contributed by atoms with Crippen molar-refractivity contribution in [2.75, 3.05) is 5.32 Å². The number of furan rings is 1. The molecule has 0 saturated heterocycles. The fourth-order valence-electron chi connectivity index (χ4n) is 2.85. The van der Waals surface area contributed by atoms with Crippen molar-refractivity contribution in [3.8, 4) is 23.0 Å². The number of aryl methyl sites for hydroxylation is 1. The van der Waals surface area contributed by atoms with Crippen LogP contribution in [0.15, 0.2) is 59.3 Å². The molecule has 1 aromatic carbocycles. The molecule has 29 heavy (non-hydrogen) atoms. The summed E-state index contributed by atoms with van der Waals surface area (Å²) in [6.07, 6.45) is 3.22. The van der Waals surface area contributed by atoms with E-state index in [9.17, 15) is 0 Å². The molecule has 0 bridgehead atoms. The van der Waals surface area contributed by atoms with E-state index in [-0.39, 0.29) is 0 Å². The van der Waals surface area contributed by atoms with E-state index in [1.807, 2.05) is 19.1 Å². The number of fused-ring (bicyclic) bond motifs is 1. The number of nitrogens with one attached hydrogen (secondary N) is 1. The van der Waals surface area contributed by atoms with Crippen molar-refractivity contribution in [1.82, 2.24) is 34.8 Å². The van der Waals surface area contributed by atoms with Gasteiger partial charge >= 0.3 is 0 Å². The quantitative estimate of drug-likeness (QED) is 0.480. The molecule has 5 rings (SSSR count). The molecule has 1 N–H and O–H groups in total. The van der Waals surface area contributed by atoms with Crippen LogP contribution in [-0.2, 0) is 0 Å². The van der Waals surface area contributed by atoms with E-state index in [2.05, 4.69) is 35.6 Å². The van der Waals surface area contributed by atoms with Gasteiger partial charge in [0.15, 0.2) is 5.76 Å². The van der Waals surface area contributed by atoms with Crippen LogP contribution in [0.3, 0.4) is 0 Å². The Labute approximate surface area is 169 Å². The van der Waals surface area contributed by atoms with E-state index in [0.29, 0.717) is 39.7 Å². The maximum absolute atomic E-state index is 6.03. The van der Waals surface area contributed by atoms with Gasteiger partial charge in [-0.2, -0.15) is 9.50 Å². The van der Waals surface area contributed by atoms with E-state index >= 15 is 0 Å². The summed E-state index contributed by atoms with van der Waals surface area (Å²) in [6.45, 7) is 1.88. The normalized spacial score (nSPS) is 11.1. The number of hydrogen-bond acceptors (Lipinski definition) is 8. The molecule has 0 amide bonds. The zero-order chi connectivity index (χ0) is 19.8. The summed E-state index contributed by atoms with van der Waals surface area (Å²) >= 11 is 6.03. The Hall–Kier alpha value is -3.85. The van der Waals surface area contributed by atoms with Gasteiger partial charge in [0.25, 0.3) is 5.78 Å². The standard InChI is InChI=1S/C19H13ClN8O/c1-11-16(25-26-19-24-17(27-28(11)19)15-6-3-9-29-15)14-7-8-21-18(23-14)22-13-5-2-4-12(20)10-13/h2-10H,1H3,(H,21,22,23). The molecule has 5 aromatic rings. The van der Waals surface area contributed by atoms with Gasteiger partial charge < -0.3 is 9.73 Å². The Morgan fingerprint density at radius 3 is 2.83 bits per heavy atom. The second kappa shape index (κ2) is 6.95. The molecule has 0 radical (unpaired) electrons. The molecule has 0 fully saturated rings. The maximum Gasteiger partial charge on any atom is 0.272 e. The summed E-state index contributed by atoms with van der Waals surface area (Å²) < 4.78 is 6.98. The predicted molar refractivity (Wildman–Crippen MR) is 107 cm³/mol. The van der Waals surface area contributed by atoms with Gasteiger partial charge in [0.05, 0.1) is 17.7 Å². The minimum Gasteiger partial charge on any atom is -0.461 e. The van der Waals surface area contributed by atoms with E-state index in [1.165, 1.54) is 0 Å². The number of nitrogens with zero attached hydrogens (tertiary/aromatic N) is 7. The van der Waals surface area contributed by atoms with Crippen LogP contribution >= 0.6 is 11.6 Å². The molecular formula is C19H13ClN8O. The molecule has 0 aliphatic rings. The lowest BCUT2D eigenvalue weighted by atomic mass is 10.2. The third-order valence-electron chi connectivity index (χ3n) is 4.21. The Morgan fingerprint density at radius 1 is 1.07 bits per heavy atom. The minimum absolute atomic E-state index is 0.379. The van der Waals surface area contributed by atoms with Crippen molar-refractivity contribution in [2.45, 2.75) is 6.92 Å². The number of aromatic nitrogens is 7. The number of rotatable bonds is 4. The first kappa shape index (κ1) is 17.3. The fourth-order valence-corrected chi connectivity index (χ4v) is 3.04. The van der Waals surface area contributed by atoms with Gasteiger partial charge in [0.1, 0.15) is 5.69 Å². The second-order valence-electron chi connectivity index (χ2n) is 6.16. The number of hydrogen-bond donors (Lipinski definition) is 1. The molecular weight excluding hydrogens is 392 g/mol. The third kappa shape index (κ3) is 3.27. The summed E-state index contributed by atoms with van der Waals surface area (Å²) in [6, 6.07) is 12.6. The lowest BCUT2D eigenvalue weighted by Gasteiger charge is -2.08. The maximum atomic E-state index is 6.03. The molecule has 10 heteroatoms.